The van der Waals surface area contributed by atoms with Crippen molar-refractivity contribution in [1.82, 2.24) is 5.32 Å². The van der Waals surface area contributed by atoms with Crippen LogP contribution in [0.1, 0.15) is 30.5 Å². The van der Waals surface area contributed by atoms with E-state index >= 15 is 0 Å². The van der Waals surface area contributed by atoms with Crippen molar-refractivity contribution in [2.45, 2.75) is 19.4 Å². The Morgan fingerprint density at radius 1 is 1.08 bits per heavy atom. The van der Waals surface area contributed by atoms with Crippen LogP contribution in [0, 0.1) is 0 Å². The molecule has 0 spiro atoms. The maximum atomic E-state index is 12.1. The number of phenolic OH excluding ortho intramolecular Hbond substituents is 1. The van der Waals surface area contributed by atoms with Crippen LogP contribution in [0.3, 0.4) is 0 Å². The molecule has 0 heterocycles. The standard InChI is InChI=1S/C21H21NO3/c1-3-19(24)22-21(15-8-11-16(25-2)12-9-15)20-17-7-5-4-6-14(17)10-13-18(20)23/h4-13,21,23H,3H2,1-2H3,(H,22,24)/t21-/m1/s1. The molecule has 3 rings (SSSR count). The molecule has 128 valence electrons. The summed E-state index contributed by atoms with van der Waals surface area (Å²) in [6, 6.07) is 18.4. The summed E-state index contributed by atoms with van der Waals surface area (Å²) in [6.07, 6.45) is 0.373. The van der Waals surface area contributed by atoms with Crippen LogP contribution in [0.5, 0.6) is 11.5 Å². The second-order valence-electron chi connectivity index (χ2n) is 5.85. The first-order valence-corrected chi connectivity index (χ1v) is 8.28. The van der Waals surface area contributed by atoms with Crippen molar-refractivity contribution in [2.75, 3.05) is 7.11 Å². The molecule has 3 aromatic carbocycles. The van der Waals surface area contributed by atoms with Gasteiger partial charge in [0.05, 0.1) is 13.2 Å². The zero-order valence-electron chi connectivity index (χ0n) is 14.3. The number of phenols is 1. The molecule has 0 aliphatic carbocycles. The second-order valence-corrected chi connectivity index (χ2v) is 5.85. The van der Waals surface area contributed by atoms with Crippen LogP contribution < -0.4 is 10.1 Å². The molecule has 3 aromatic rings. The third-order valence-corrected chi connectivity index (χ3v) is 4.31. The zero-order valence-corrected chi connectivity index (χ0v) is 14.3. The molecule has 1 amide bonds. The van der Waals surface area contributed by atoms with Crippen LogP contribution in [-0.2, 0) is 4.79 Å². The van der Waals surface area contributed by atoms with Gasteiger partial charge in [0, 0.05) is 12.0 Å². The number of rotatable bonds is 5. The quantitative estimate of drug-likeness (QED) is 0.736. The van der Waals surface area contributed by atoms with E-state index in [9.17, 15) is 9.90 Å². The van der Waals surface area contributed by atoms with E-state index in [1.165, 1.54) is 0 Å². The number of carbonyl (C=O) groups is 1. The molecule has 1 atom stereocenters. The second kappa shape index (κ2) is 7.26. The van der Waals surface area contributed by atoms with Crippen molar-refractivity contribution < 1.29 is 14.6 Å². The average Bonchev–Trinajstić information content (AvgIpc) is 2.66. The lowest BCUT2D eigenvalue weighted by molar-refractivity contribution is -0.121. The summed E-state index contributed by atoms with van der Waals surface area (Å²) in [7, 11) is 1.61. The highest BCUT2D eigenvalue weighted by molar-refractivity contribution is 5.89. The maximum Gasteiger partial charge on any atom is 0.220 e. The van der Waals surface area contributed by atoms with Gasteiger partial charge in [0.2, 0.25) is 5.91 Å². The molecule has 4 heteroatoms. The van der Waals surface area contributed by atoms with Crippen molar-refractivity contribution in [1.29, 1.82) is 0 Å². The van der Waals surface area contributed by atoms with E-state index < -0.39 is 6.04 Å². The minimum Gasteiger partial charge on any atom is -0.508 e. The summed E-state index contributed by atoms with van der Waals surface area (Å²) in [4.78, 5) is 12.1. The summed E-state index contributed by atoms with van der Waals surface area (Å²) in [6.45, 7) is 1.81. The number of aromatic hydroxyl groups is 1. The Labute approximate surface area is 147 Å². The van der Waals surface area contributed by atoms with E-state index in [2.05, 4.69) is 5.32 Å². The summed E-state index contributed by atoms with van der Waals surface area (Å²) < 4.78 is 5.21. The molecule has 4 nitrogen and oxygen atoms in total. The molecule has 0 aromatic heterocycles. The number of hydrogen-bond donors (Lipinski definition) is 2. The first-order chi connectivity index (χ1) is 12.1. The molecule has 0 radical (unpaired) electrons. The molecule has 2 N–H and O–H groups in total. The first kappa shape index (κ1) is 16.8. The molecule has 0 aliphatic rings. The van der Waals surface area contributed by atoms with Gasteiger partial charge in [-0.1, -0.05) is 49.4 Å². The van der Waals surface area contributed by atoms with E-state index in [1.807, 2.05) is 61.5 Å². The molecule has 0 aliphatic heterocycles. The van der Waals surface area contributed by atoms with Crippen molar-refractivity contribution >= 4 is 16.7 Å². The fourth-order valence-electron chi connectivity index (χ4n) is 2.97. The van der Waals surface area contributed by atoms with Gasteiger partial charge in [-0.05, 0) is 34.5 Å². The maximum absolute atomic E-state index is 12.1. The van der Waals surface area contributed by atoms with Crippen LogP contribution in [0.15, 0.2) is 60.7 Å². The van der Waals surface area contributed by atoms with Gasteiger partial charge in [-0.2, -0.15) is 0 Å². The van der Waals surface area contributed by atoms with Crippen LogP contribution in [0.2, 0.25) is 0 Å². The Morgan fingerprint density at radius 3 is 2.48 bits per heavy atom. The van der Waals surface area contributed by atoms with Gasteiger partial charge in [-0.15, -0.1) is 0 Å². The normalized spacial score (nSPS) is 11.9. The first-order valence-electron chi connectivity index (χ1n) is 8.28. The van der Waals surface area contributed by atoms with Crippen molar-refractivity contribution in [3.05, 3.63) is 71.8 Å². The van der Waals surface area contributed by atoms with Gasteiger partial charge in [0.25, 0.3) is 0 Å². The molecule has 0 fully saturated rings. The molecule has 0 saturated heterocycles. The molecule has 25 heavy (non-hydrogen) atoms. The number of amides is 1. The van der Waals surface area contributed by atoms with Gasteiger partial charge in [-0.3, -0.25) is 4.79 Å². The fraction of sp³-hybridized carbons (Fsp3) is 0.190. The van der Waals surface area contributed by atoms with E-state index in [4.69, 9.17) is 4.74 Å². The summed E-state index contributed by atoms with van der Waals surface area (Å²) in [5, 5.41) is 15.5. The monoisotopic (exact) mass is 335 g/mol. The zero-order chi connectivity index (χ0) is 17.8. The molecule has 0 unspecified atom stereocenters. The van der Waals surface area contributed by atoms with Gasteiger partial charge in [-0.25, -0.2) is 0 Å². The smallest absolute Gasteiger partial charge is 0.220 e. The Bertz CT molecular complexity index is 887. The number of nitrogens with one attached hydrogen (secondary N) is 1. The number of carbonyl (C=O) groups excluding carboxylic acids is 1. The van der Waals surface area contributed by atoms with Crippen LogP contribution >= 0.6 is 0 Å². The van der Waals surface area contributed by atoms with Crippen LogP contribution in [-0.4, -0.2) is 18.1 Å². The Kier molecular flexibility index (Phi) is 4.89. The highest BCUT2D eigenvalue weighted by Gasteiger charge is 2.22. The third-order valence-electron chi connectivity index (χ3n) is 4.31. The minimum atomic E-state index is -0.440. The number of fused-ring (bicyclic) bond motifs is 1. The largest absolute Gasteiger partial charge is 0.508 e. The summed E-state index contributed by atoms with van der Waals surface area (Å²) in [5.41, 5.74) is 1.58. The fourth-order valence-corrected chi connectivity index (χ4v) is 2.97. The van der Waals surface area contributed by atoms with Gasteiger partial charge >= 0.3 is 0 Å². The van der Waals surface area contributed by atoms with Crippen molar-refractivity contribution in [2.24, 2.45) is 0 Å². The highest BCUT2D eigenvalue weighted by Crippen LogP contribution is 2.36. The Hall–Kier alpha value is -3.01. The van der Waals surface area contributed by atoms with Gasteiger partial charge < -0.3 is 15.2 Å². The molecular weight excluding hydrogens is 314 g/mol. The Balaban J connectivity index is 2.17. The highest BCUT2D eigenvalue weighted by atomic mass is 16.5. The van der Waals surface area contributed by atoms with Crippen molar-refractivity contribution in [3.8, 4) is 11.5 Å². The van der Waals surface area contributed by atoms with Gasteiger partial charge in [0.15, 0.2) is 0 Å². The number of ether oxygens (including phenoxy) is 1. The van der Waals surface area contributed by atoms with E-state index in [0.717, 1.165) is 22.1 Å². The van der Waals surface area contributed by atoms with Crippen LogP contribution in [0.25, 0.3) is 10.8 Å². The predicted octanol–water partition coefficient (Wildman–Crippen LogP) is 4.17. The summed E-state index contributed by atoms with van der Waals surface area (Å²) in [5.74, 6) is 0.829. The topological polar surface area (TPSA) is 58.6 Å². The lowest BCUT2D eigenvalue weighted by Crippen LogP contribution is -2.28. The van der Waals surface area contributed by atoms with Crippen LogP contribution in [0.4, 0.5) is 0 Å². The summed E-state index contributed by atoms with van der Waals surface area (Å²) >= 11 is 0. The number of benzene rings is 3. The molecular formula is C21H21NO3. The minimum absolute atomic E-state index is 0.0758. The van der Waals surface area contributed by atoms with E-state index in [1.54, 1.807) is 13.2 Å². The average molecular weight is 335 g/mol. The van der Waals surface area contributed by atoms with E-state index in [-0.39, 0.29) is 11.7 Å². The predicted molar refractivity (Wildman–Crippen MR) is 98.9 cm³/mol. The van der Waals surface area contributed by atoms with E-state index in [0.29, 0.717) is 12.0 Å². The molecule has 0 saturated carbocycles. The SMILES string of the molecule is CCC(=O)N[C@H](c1ccc(OC)cc1)c1c(O)ccc2ccccc12. The van der Waals surface area contributed by atoms with Crippen molar-refractivity contribution in [3.63, 3.8) is 0 Å². The number of methoxy groups -OCH3 is 1. The lowest BCUT2D eigenvalue weighted by Gasteiger charge is -2.22. The lowest BCUT2D eigenvalue weighted by atomic mass is 9.92. The third kappa shape index (κ3) is 3.43. The number of hydrogen-bond acceptors (Lipinski definition) is 3. The van der Waals surface area contributed by atoms with Gasteiger partial charge in [0.1, 0.15) is 11.5 Å². The molecule has 0 bridgehead atoms. The Morgan fingerprint density at radius 2 is 1.80 bits per heavy atom.